The van der Waals surface area contributed by atoms with Gasteiger partial charge in [-0.3, -0.25) is 9.59 Å². The molecule has 5 heteroatoms. The van der Waals surface area contributed by atoms with Crippen molar-refractivity contribution in [3.63, 3.8) is 0 Å². The summed E-state index contributed by atoms with van der Waals surface area (Å²) in [6.45, 7) is 1.28. The predicted octanol–water partition coefficient (Wildman–Crippen LogP) is 1.57. The molecule has 0 bridgehead atoms. The minimum absolute atomic E-state index is 0.00294. The number of nitrogens with zero attached hydrogens (tertiary/aromatic N) is 1. The Morgan fingerprint density at radius 2 is 2.24 bits per heavy atom. The van der Waals surface area contributed by atoms with Crippen LogP contribution in [0.25, 0.3) is 0 Å². The topological polar surface area (TPSA) is 58.6 Å². The Bertz CT molecular complexity index is 614. The van der Waals surface area contributed by atoms with Crippen molar-refractivity contribution in [2.75, 3.05) is 18.5 Å². The zero-order chi connectivity index (χ0) is 14.4. The molecular weight excluding hydrogens is 268 g/mol. The van der Waals surface area contributed by atoms with Crippen LogP contribution in [-0.2, 0) is 16.0 Å². The third-order valence-corrected chi connectivity index (χ3v) is 4.72. The van der Waals surface area contributed by atoms with E-state index in [1.165, 1.54) is 0 Å². The molecule has 1 aliphatic carbocycles. The van der Waals surface area contributed by atoms with Gasteiger partial charge in [-0.2, -0.15) is 0 Å². The number of morpholine rings is 1. The van der Waals surface area contributed by atoms with Crippen LogP contribution in [0.1, 0.15) is 35.2 Å². The van der Waals surface area contributed by atoms with E-state index in [0.717, 1.165) is 30.5 Å². The Kier molecular flexibility index (Phi) is 2.96. The Hall–Kier alpha value is -1.88. The zero-order valence-corrected chi connectivity index (χ0v) is 11.8. The van der Waals surface area contributed by atoms with E-state index < -0.39 is 0 Å². The van der Waals surface area contributed by atoms with Gasteiger partial charge in [-0.25, -0.2) is 0 Å². The molecule has 1 aromatic carbocycles. The summed E-state index contributed by atoms with van der Waals surface area (Å²) in [6, 6.07) is 5.74. The molecule has 2 heterocycles. The number of fused-ring (bicyclic) bond motifs is 2. The first-order chi connectivity index (χ1) is 10.2. The molecule has 1 N–H and O–H groups in total. The standard InChI is InChI=1S/C16H18N2O3/c19-15-9-10-4-5-11(8-12(10)17-15)16(20)18-6-7-21-14-3-1-2-13(14)18/h4-5,8,13-14H,1-3,6-7,9H2,(H,17,19). The highest BCUT2D eigenvalue weighted by Gasteiger charge is 2.38. The average Bonchev–Trinajstić information content (AvgIpc) is 3.09. The largest absolute Gasteiger partial charge is 0.374 e. The smallest absolute Gasteiger partial charge is 0.254 e. The minimum atomic E-state index is -0.00294. The lowest BCUT2D eigenvalue weighted by Gasteiger charge is -2.37. The second kappa shape index (κ2) is 4.84. The lowest BCUT2D eigenvalue weighted by atomic mass is 10.1. The molecule has 2 atom stereocenters. The van der Waals surface area contributed by atoms with Gasteiger partial charge in [0.05, 0.1) is 25.2 Å². The maximum absolute atomic E-state index is 12.8. The number of hydrogen-bond acceptors (Lipinski definition) is 3. The van der Waals surface area contributed by atoms with Crippen molar-refractivity contribution < 1.29 is 14.3 Å². The van der Waals surface area contributed by atoms with E-state index in [0.29, 0.717) is 25.1 Å². The summed E-state index contributed by atoms with van der Waals surface area (Å²) in [5, 5.41) is 2.81. The van der Waals surface area contributed by atoms with Gasteiger partial charge in [-0.1, -0.05) is 6.07 Å². The number of benzene rings is 1. The molecule has 1 aromatic rings. The lowest BCUT2D eigenvalue weighted by Crippen LogP contribution is -2.51. The van der Waals surface area contributed by atoms with Crippen molar-refractivity contribution >= 4 is 17.5 Å². The molecule has 0 aromatic heterocycles. The molecule has 110 valence electrons. The Morgan fingerprint density at radius 3 is 3.14 bits per heavy atom. The number of rotatable bonds is 1. The average molecular weight is 286 g/mol. The quantitative estimate of drug-likeness (QED) is 0.852. The first kappa shape index (κ1) is 12.8. The van der Waals surface area contributed by atoms with Crippen LogP contribution < -0.4 is 5.32 Å². The van der Waals surface area contributed by atoms with E-state index >= 15 is 0 Å². The fraction of sp³-hybridized carbons (Fsp3) is 0.500. The highest BCUT2D eigenvalue weighted by molar-refractivity contribution is 6.02. The first-order valence-corrected chi connectivity index (χ1v) is 7.58. The van der Waals surface area contributed by atoms with Gasteiger partial charge >= 0.3 is 0 Å². The normalized spacial score (nSPS) is 27.2. The van der Waals surface area contributed by atoms with Crippen LogP contribution in [0.5, 0.6) is 0 Å². The Labute approximate surface area is 123 Å². The molecule has 21 heavy (non-hydrogen) atoms. The van der Waals surface area contributed by atoms with Crippen LogP contribution in [0.3, 0.4) is 0 Å². The number of nitrogens with one attached hydrogen (secondary N) is 1. The number of carbonyl (C=O) groups is 2. The van der Waals surface area contributed by atoms with Crippen LogP contribution in [0.4, 0.5) is 5.69 Å². The molecule has 2 fully saturated rings. The summed E-state index contributed by atoms with van der Waals surface area (Å²) in [5.41, 5.74) is 2.41. The molecule has 0 spiro atoms. The van der Waals surface area contributed by atoms with Crippen molar-refractivity contribution in [3.8, 4) is 0 Å². The van der Waals surface area contributed by atoms with Gasteiger partial charge in [0.25, 0.3) is 5.91 Å². The van der Waals surface area contributed by atoms with Gasteiger partial charge in [-0.05, 0) is 37.0 Å². The summed E-state index contributed by atoms with van der Waals surface area (Å²) in [6.07, 6.45) is 3.81. The van der Waals surface area contributed by atoms with E-state index in [1.807, 2.05) is 23.1 Å². The van der Waals surface area contributed by atoms with Crippen LogP contribution in [0.2, 0.25) is 0 Å². The van der Waals surface area contributed by atoms with Gasteiger partial charge in [0.2, 0.25) is 5.91 Å². The monoisotopic (exact) mass is 286 g/mol. The second-order valence-electron chi connectivity index (χ2n) is 6.00. The SMILES string of the molecule is O=C1Cc2ccc(C(=O)N3CCOC4CCCC43)cc2N1. The predicted molar refractivity (Wildman–Crippen MR) is 77.2 cm³/mol. The molecule has 2 aliphatic heterocycles. The van der Waals surface area contributed by atoms with Crippen LogP contribution in [-0.4, -0.2) is 42.0 Å². The molecule has 0 radical (unpaired) electrons. The summed E-state index contributed by atoms with van der Waals surface area (Å²) < 4.78 is 5.76. The van der Waals surface area contributed by atoms with Crippen LogP contribution in [0, 0.1) is 0 Å². The minimum Gasteiger partial charge on any atom is -0.374 e. The zero-order valence-electron chi connectivity index (χ0n) is 11.8. The van der Waals surface area contributed by atoms with E-state index in [-0.39, 0.29) is 24.0 Å². The summed E-state index contributed by atoms with van der Waals surface area (Å²) in [5.74, 6) is 0.0518. The third kappa shape index (κ3) is 2.12. The van der Waals surface area contributed by atoms with Crippen LogP contribution in [0.15, 0.2) is 18.2 Å². The molecule has 1 saturated carbocycles. The number of ether oxygens (including phenoxy) is 1. The van der Waals surface area contributed by atoms with E-state index in [4.69, 9.17) is 4.74 Å². The van der Waals surface area contributed by atoms with Gasteiger partial charge < -0.3 is 15.0 Å². The third-order valence-electron chi connectivity index (χ3n) is 4.72. The highest BCUT2D eigenvalue weighted by Crippen LogP contribution is 2.31. The molecule has 1 saturated heterocycles. The lowest BCUT2D eigenvalue weighted by molar-refractivity contribution is -0.115. The van der Waals surface area contributed by atoms with Gasteiger partial charge in [0.15, 0.2) is 0 Å². The number of carbonyl (C=O) groups excluding carboxylic acids is 2. The maximum Gasteiger partial charge on any atom is 0.254 e. The van der Waals surface area contributed by atoms with Crippen molar-refractivity contribution in [2.24, 2.45) is 0 Å². The molecule has 2 unspecified atom stereocenters. The molecule has 4 rings (SSSR count). The van der Waals surface area contributed by atoms with Crippen molar-refractivity contribution in [1.82, 2.24) is 4.90 Å². The number of amides is 2. The van der Waals surface area contributed by atoms with E-state index in [1.54, 1.807) is 0 Å². The Morgan fingerprint density at radius 1 is 1.33 bits per heavy atom. The van der Waals surface area contributed by atoms with E-state index in [9.17, 15) is 9.59 Å². The van der Waals surface area contributed by atoms with Gasteiger partial charge in [-0.15, -0.1) is 0 Å². The van der Waals surface area contributed by atoms with Crippen LogP contribution >= 0.6 is 0 Å². The number of hydrogen-bond donors (Lipinski definition) is 1. The fourth-order valence-electron chi connectivity index (χ4n) is 3.69. The molecular formula is C16H18N2O3. The molecule has 3 aliphatic rings. The summed E-state index contributed by atoms with van der Waals surface area (Å²) in [4.78, 5) is 26.1. The Balaban J connectivity index is 1.60. The number of anilines is 1. The summed E-state index contributed by atoms with van der Waals surface area (Å²) >= 11 is 0. The fourth-order valence-corrected chi connectivity index (χ4v) is 3.69. The van der Waals surface area contributed by atoms with E-state index in [2.05, 4.69) is 5.32 Å². The van der Waals surface area contributed by atoms with Gasteiger partial charge in [0, 0.05) is 17.8 Å². The van der Waals surface area contributed by atoms with Gasteiger partial charge in [0.1, 0.15) is 0 Å². The summed E-state index contributed by atoms with van der Waals surface area (Å²) in [7, 11) is 0. The molecule has 5 nitrogen and oxygen atoms in total. The van der Waals surface area contributed by atoms with Crippen molar-refractivity contribution in [1.29, 1.82) is 0 Å². The first-order valence-electron chi connectivity index (χ1n) is 7.58. The van der Waals surface area contributed by atoms with Crippen molar-refractivity contribution in [3.05, 3.63) is 29.3 Å². The molecule has 2 amide bonds. The second-order valence-corrected chi connectivity index (χ2v) is 6.00. The van der Waals surface area contributed by atoms with Crippen molar-refractivity contribution in [2.45, 2.75) is 37.8 Å². The highest BCUT2D eigenvalue weighted by atomic mass is 16.5. The maximum atomic E-state index is 12.8.